The van der Waals surface area contributed by atoms with Gasteiger partial charge in [0, 0.05) is 31.1 Å². The molecule has 0 bridgehead atoms. The number of ether oxygens (including phenoxy) is 1. The second-order valence-corrected chi connectivity index (χ2v) is 7.93. The number of benzene rings is 1. The normalized spacial score (nSPS) is 18.9. The van der Waals surface area contributed by atoms with Crippen molar-refractivity contribution in [1.29, 1.82) is 0 Å². The van der Waals surface area contributed by atoms with Crippen LogP contribution in [-0.2, 0) is 7.05 Å². The number of methoxy groups -OCH3 is 1. The Labute approximate surface area is 169 Å². The number of aryl methyl sites for hydroxylation is 1. The molecule has 1 saturated heterocycles. The Kier molecular flexibility index (Phi) is 4.47. The van der Waals surface area contributed by atoms with Crippen molar-refractivity contribution in [1.82, 2.24) is 25.4 Å². The van der Waals surface area contributed by atoms with Gasteiger partial charge in [-0.2, -0.15) is 5.10 Å². The highest BCUT2D eigenvalue weighted by Crippen LogP contribution is 2.33. The molecule has 1 aromatic carbocycles. The maximum Gasteiger partial charge on any atom is 0.252 e. The molecule has 1 aliphatic heterocycles. The number of fused-ring (bicyclic) bond motifs is 1. The van der Waals surface area contributed by atoms with Crippen molar-refractivity contribution in [2.45, 2.75) is 31.2 Å². The smallest absolute Gasteiger partial charge is 0.252 e. The van der Waals surface area contributed by atoms with Crippen LogP contribution in [-0.4, -0.2) is 46.9 Å². The zero-order valence-corrected chi connectivity index (χ0v) is 16.7. The number of hydrogen-bond donors (Lipinski definition) is 2. The molecule has 1 atom stereocenters. The van der Waals surface area contributed by atoms with Crippen molar-refractivity contribution in [2.75, 3.05) is 20.2 Å². The van der Waals surface area contributed by atoms with Gasteiger partial charge in [0.1, 0.15) is 5.75 Å². The number of aromatic nitrogens is 3. The Balaban J connectivity index is 1.67. The molecule has 3 aromatic rings. The van der Waals surface area contributed by atoms with Gasteiger partial charge in [-0.1, -0.05) is 0 Å². The lowest BCUT2D eigenvalue weighted by atomic mass is 9.97. The van der Waals surface area contributed by atoms with E-state index in [0.717, 1.165) is 66.1 Å². The summed E-state index contributed by atoms with van der Waals surface area (Å²) in [6.07, 6.45) is 3.13. The van der Waals surface area contributed by atoms with Gasteiger partial charge in [0.05, 0.1) is 29.4 Å². The summed E-state index contributed by atoms with van der Waals surface area (Å²) in [4.78, 5) is 18.0. The van der Waals surface area contributed by atoms with Crippen molar-refractivity contribution >= 4 is 16.9 Å². The van der Waals surface area contributed by atoms with Gasteiger partial charge in [-0.25, -0.2) is 4.98 Å². The number of nitrogens with zero attached hydrogens (tertiary/aromatic N) is 3. The van der Waals surface area contributed by atoms with Crippen molar-refractivity contribution in [3.8, 4) is 17.0 Å². The molecule has 29 heavy (non-hydrogen) atoms. The standard InChI is InChI=1S/C22H25N5O2/c1-27-21-19(20(26-27)14-9-10-23-12-14)17(22(28)24-15-5-6-15)11-18(25-21)13-3-7-16(29-2)8-4-13/h3-4,7-8,11,14-15,23H,5-6,9-10,12H2,1-2H3,(H,24,28). The molecule has 2 aliphatic rings. The largest absolute Gasteiger partial charge is 0.497 e. The van der Waals surface area contributed by atoms with Crippen LogP contribution in [0, 0.1) is 0 Å². The maximum absolute atomic E-state index is 13.2. The van der Waals surface area contributed by atoms with Crippen molar-refractivity contribution in [3.05, 3.63) is 41.6 Å². The number of amides is 1. The zero-order valence-electron chi connectivity index (χ0n) is 16.7. The summed E-state index contributed by atoms with van der Waals surface area (Å²) in [6, 6.07) is 9.95. The van der Waals surface area contributed by atoms with Gasteiger partial charge in [-0.15, -0.1) is 0 Å². The van der Waals surface area contributed by atoms with Gasteiger partial charge in [0.25, 0.3) is 5.91 Å². The van der Waals surface area contributed by atoms with Crippen LogP contribution in [0.3, 0.4) is 0 Å². The number of hydrogen-bond acceptors (Lipinski definition) is 5. The van der Waals surface area contributed by atoms with E-state index in [9.17, 15) is 4.79 Å². The average molecular weight is 391 g/mol. The van der Waals surface area contributed by atoms with Gasteiger partial charge in [-0.3, -0.25) is 9.48 Å². The highest BCUT2D eigenvalue weighted by molar-refractivity contribution is 6.08. The van der Waals surface area contributed by atoms with E-state index in [1.54, 1.807) is 7.11 Å². The molecule has 7 nitrogen and oxygen atoms in total. The summed E-state index contributed by atoms with van der Waals surface area (Å²) >= 11 is 0. The van der Waals surface area contributed by atoms with Crippen LogP contribution in [0.2, 0.25) is 0 Å². The number of nitrogens with one attached hydrogen (secondary N) is 2. The van der Waals surface area contributed by atoms with E-state index in [0.29, 0.717) is 17.5 Å². The van der Waals surface area contributed by atoms with Crippen molar-refractivity contribution in [3.63, 3.8) is 0 Å². The first-order chi connectivity index (χ1) is 14.1. The van der Waals surface area contributed by atoms with E-state index in [-0.39, 0.29) is 5.91 Å². The molecule has 0 radical (unpaired) electrons. The predicted octanol–water partition coefficient (Wildman–Crippen LogP) is 2.61. The molecule has 7 heteroatoms. The minimum Gasteiger partial charge on any atom is -0.497 e. The lowest BCUT2D eigenvalue weighted by Crippen LogP contribution is -2.26. The molecule has 1 saturated carbocycles. The molecule has 1 amide bonds. The summed E-state index contributed by atoms with van der Waals surface area (Å²) < 4.78 is 7.07. The predicted molar refractivity (Wildman–Crippen MR) is 111 cm³/mol. The van der Waals surface area contributed by atoms with Gasteiger partial charge in [0.15, 0.2) is 5.65 Å². The molecule has 150 valence electrons. The first-order valence-electron chi connectivity index (χ1n) is 10.2. The Morgan fingerprint density at radius 2 is 2.03 bits per heavy atom. The molecule has 2 fully saturated rings. The molecule has 5 rings (SSSR count). The number of rotatable bonds is 5. The monoisotopic (exact) mass is 391 g/mol. The van der Waals surface area contributed by atoms with Gasteiger partial charge in [0.2, 0.25) is 0 Å². The molecule has 1 aliphatic carbocycles. The van der Waals surface area contributed by atoms with Gasteiger partial charge >= 0.3 is 0 Å². The molecule has 2 N–H and O–H groups in total. The van der Waals surface area contributed by atoms with Crippen LogP contribution in [0.25, 0.3) is 22.3 Å². The SMILES string of the molecule is COc1ccc(-c2cc(C(=O)NC3CC3)c3c(C4CCNC4)nn(C)c3n2)cc1. The Bertz CT molecular complexity index is 1060. The third-order valence-electron chi connectivity index (χ3n) is 5.81. The van der Waals surface area contributed by atoms with Crippen LogP contribution in [0.4, 0.5) is 0 Å². The van der Waals surface area contributed by atoms with Gasteiger partial charge < -0.3 is 15.4 Å². The number of pyridine rings is 1. The Hall–Kier alpha value is -2.93. The lowest BCUT2D eigenvalue weighted by Gasteiger charge is -2.11. The summed E-state index contributed by atoms with van der Waals surface area (Å²) in [5, 5.41) is 12.2. The first kappa shape index (κ1) is 18.1. The average Bonchev–Trinajstić information content (AvgIpc) is 3.26. The highest BCUT2D eigenvalue weighted by atomic mass is 16.5. The topological polar surface area (TPSA) is 81.1 Å². The second kappa shape index (κ2) is 7.15. The quantitative estimate of drug-likeness (QED) is 0.699. The van der Waals surface area contributed by atoms with Crippen molar-refractivity contribution in [2.24, 2.45) is 7.05 Å². The van der Waals surface area contributed by atoms with Crippen LogP contribution in [0.1, 0.15) is 41.2 Å². The number of carbonyl (C=O) groups is 1. The van der Waals surface area contributed by atoms with E-state index in [4.69, 9.17) is 14.8 Å². The molecule has 1 unspecified atom stereocenters. The molecular formula is C22H25N5O2. The summed E-state index contributed by atoms with van der Waals surface area (Å²) in [7, 11) is 3.55. The fraction of sp³-hybridized carbons (Fsp3) is 0.409. The van der Waals surface area contributed by atoms with Crippen LogP contribution in [0.5, 0.6) is 5.75 Å². The van der Waals surface area contributed by atoms with E-state index < -0.39 is 0 Å². The molecule has 2 aromatic heterocycles. The minimum absolute atomic E-state index is 0.0325. The second-order valence-electron chi connectivity index (χ2n) is 7.93. The molecule has 0 spiro atoms. The van der Waals surface area contributed by atoms with Gasteiger partial charge in [-0.05, 0) is 56.1 Å². The highest BCUT2D eigenvalue weighted by Gasteiger charge is 2.30. The van der Waals surface area contributed by atoms with E-state index in [1.165, 1.54) is 0 Å². The number of carbonyl (C=O) groups excluding carboxylic acids is 1. The van der Waals surface area contributed by atoms with E-state index in [2.05, 4.69) is 10.6 Å². The molecule has 3 heterocycles. The third kappa shape index (κ3) is 3.35. The van der Waals surface area contributed by atoms with Crippen molar-refractivity contribution < 1.29 is 9.53 Å². The van der Waals surface area contributed by atoms with E-state index >= 15 is 0 Å². The first-order valence-corrected chi connectivity index (χ1v) is 10.2. The summed E-state index contributed by atoms with van der Waals surface area (Å²) in [6.45, 7) is 1.86. The lowest BCUT2D eigenvalue weighted by molar-refractivity contribution is 0.0952. The van der Waals surface area contributed by atoms with Crippen LogP contribution < -0.4 is 15.4 Å². The minimum atomic E-state index is -0.0325. The fourth-order valence-electron chi connectivity index (χ4n) is 4.03. The molecular weight excluding hydrogens is 366 g/mol. The zero-order chi connectivity index (χ0) is 20.0. The van der Waals surface area contributed by atoms with Crippen LogP contribution in [0.15, 0.2) is 30.3 Å². The third-order valence-corrected chi connectivity index (χ3v) is 5.81. The summed E-state index contributed by atoms with van der Waals surface area (Å²) in [5.41, 5.74) is 4.10. The fourth-order valence-corrected chi connectivity index (χ4v) is 4.03. The maximum atomic E-state index is 13.2. The Morgan fingerprint density at radius 1 is 1.24 bits per heavy atom. The van der Waals surface area contributed by atoms with Crippen LogP contribution >= 0.6 is 0 Å². The summed E-state index contributed by atoms with van der Waals surface area (Å²) in [5.74, 6) is 1.06. The van der Waals surface area contributed by atoms with E-state index in [1.807, 2.05) is 42.1 Å². The Morgan fingerprint density at radius 3 is 2.69 bits per heavy atom.